The summed E-state index contributed by atoms with van der Waals surface area (Å²) in [7, 11) is 0. The van der Waals surface area contributed by atoms with Crippen LogP contribution in [0.4, 0.5) is 0 Å². The van der Waals surface area contributed by atoms with Crippen molar-refractivity contribution >= 4 is 17.5 Å². The van der Waals surface area contributed by atoms with Gasteiger partial charge >= 0.3 is 0 Å². The number of nitrogens with one attached hydrogen (secondary N) is 1. The molecule has 2 N–H and O–H groups in total. The molecule has 3 atom stereocenters. The highest BCUT2D eigenvalue weighted by Gasteiger charge is 2.42. The van der Waals surface area contributed by atoms with Gasteiger partial charge in [0.15, 0.2) is 0 Å². The Kier molecular flexibility index (Phi) is 3.45. The Balaban J connectivity index is 1.59. The minimum atomic E-state index is -0.487. The van der Waals surface area contributed by atoms with Gasteiger partial charge in [-0.15, -0.1) is 0 Å². The predicted octanol–water partition coefficient (Wildman–Crippen LogP) is 0.224. The summed E-state index contributed by atoms with van der Waals surface area (Å²) in [6.45, 7) is 0.102. The summed E-state index contributed by atoms with van der Waals surface area (Å²) in [5.41, 5.74) is 0. The summed E-state index contributed by atoms with van der Waals surface area (Å²) in [5.74, 6) is -0.168. The van der Waals surface area contributed by atoms with Crippen molar-refractivity contribution in [2.24, 2.45) is 0 Å². The third-order valence-electron chi connectivity index (χ3n) is 3.39. The smallest absolute Gasteiger partial charge is 0.242 e. The van der Waals surface area contributed by atoms with Crippen molar-refractivity contribution in [2.45, 2.75) is 31.2 Å². The number of halogens is 1. The van der Waals surface area contributed by atoms with E-state index >= 15 is 0 Å². The Labute approximate surface area is 120 Å². The summed E-state index contributed by atoms with van der Waals surface area (Å²) in [6, 6.07) is 1.45. The molecular formula is C12H14ClN5O2. The number of nitrogens with zero attached hydrogens (tertiary/aromatic N) is 4. The predicted molar refractivity (Wildman–Crippen MR) is 71.1 cm³/mol. The molecule has 1 saturated carbocycles. The van der Waals surface area contributed by atoms with Gasteiger partial charge in [-0.2, -0.15) is 10.2 Å². The summed E-state index contributed by atoms with van der Waals surface area (Å²) >= 11 is 5.74. The molecule has 0 saturated heterocycles. The zero-order valence-corrected chi connectivity index (χ0v) is 11.3. The fourth-order valence-corrected chi connectivity index (χ4v) is 2.55. The first kappa shape index (κ1) is 13.1. The fourth-order valence-electron chi connectivity index (χ4n) is 2.40. The molecule has 0 bridgehead atoms. The number of aromatic nitrogens is 4. The molecule has 8 heteroatoms. The summed E-state index contributed by atoms with van der Waals surface area (Å²) in [4.78, 5) is 11.9. The topological polar surface area (TPSA) is 85.0 Å². The van der Waals surface area contributed by atoms with Crippen molar-refractivity contribution in [1.82, 2.24) is 24.9 Å². The fraction of sp³-hybridized carbons (Fsp3) is 0.417. The standard InChI is InChI=1S/C12H14ClN5O2/c13-8-5-15-17(6-8)7-11(20)16-9-4-10(19)12(9)18-3-1-2-14-18/h1-3,5-6,9-10,12,19H,4,7H2,(H,16,20)/t9-,10+,12+/m0/s1. The van der Waals surface area contributed by atoms with Crippen molar-refractivity contribution in [2.75, 3.05) is 0 Å². The zero-order valence-electron chi connectivity index (χ0n) is 10.6. The third-order valence-corrected chi connectivity index (χ3v) is 3.58. The van der Waals surface area contributed by atoms with E-state index in [-0.39, 0.29) is 24.5 Å². The Morgan fingerprint density at radius 1 is 1.55 bits per heavy atom. The number of amides is 1. The van der Waals surface area contributed by atoms with Gasteiger partial charge in [0.25, 0.3) is 0 Å². The molecule has 1 fully saturated rings. The lowest BCUT2D eigenvalue weighted by atomic mass is 9.83. The van der Waals surface area contributed by atoms with Crippen LogP contribution in [0.15, 0.2) is 30.9 Å². The lowest BCUT2D eigenvalue weighted by molar-refractivity contribution is -0.125. The van der Waals surface area contributed by atoms with E-state index in [2.05, 4.69) is 15.5 Å². The normalized spacial score (nSPS) is 25.2. The molecule has 2 aromatic heterocycles. The van der Waals surface area contributed by atoms with Gasteiger partial charge in [-0.25, -0.2) is 0 Å². The van der Waals surface area contributed by atoms with E-state index in [0.29, 0.717) is 11.4 Å². The van der Waals surface area contributed by atoms with Crippen LogP contribution >= 0.6 is 11.6 Å². The van der Waals surface area contributed by atoms with E-state index in [1.54, 1.807) is 29.3 Å². The van der Waals surface area contributed by atoms with Crippen LogP contribution in [0.5, 0.6) is 0 Å². The van der Waals surface area contributed by atoms with Gasteiger partial charge in [0.2, 0.25) is 5.91 Å². The number of aliphatic hydroxyl groups is 1. The number of hydrogen-bond donors (Lipinski definition) is 2. The molecule has 0 spiro atoms. The molecule has 0 radical (unpaired) electrons. The second kappa shape index (κ2) is 5.26. The van der Waals surface area contributed by atoms with E-state index in [4.69, 9.17) is 11.6 Å². The largest absolute Gasteiger partial charge is 0.391 e. The van der Waals surface area contributed by atoms with E-state index in [9.17, 15) is 9.90 Å². The first-order valence-corrected chi connectivity index (χ1v) is 6.66. The van der Waals surface area contributed by atoms with Crippen LogP contribution in [0.1, 0.15) is 12.5 Å². The molecule has 1 amide bonds. The van der Waals surface area contributed by atoms with Gasteiger partial charge in [0, 0.05) is 18.6 Å². The number of carbonyl (C=O) groups is 1. The van der Waals surface area contributed by atoms with E-state index in [1.807, 2.05) is 0 Å². The minimum absolute atomic E-state index is 0.102. The first-order chi connectivity index (χ1) is 9.63. The number of aliphatic hydroxyl groups excluding tert-OH is 1. The van der Waals surface area contributed by atoms with Crippen LogP contribution in [0, 0.1) is 0 Å². The van der Waals surface area contributed by atoms with Gasteiger partial charge in [-0.1, -0.05) is 11.6 Å². The molecule has 3 rings (SSSR count). The summed E-state index contributed by atoms with van der Waals surface area (Å²) in [6.07, 6.45) is 6.53. The van der Waals surface area contributed by atoms with Crippen LogP contribution in [-0.2, 0) is 11.3 Å². The molecular weight excluding hydrogens is 282 g/mol. The van der Waals surface area contributed by atoms with Crippen molar-refractivity contribution in [3.8, 4) is 0 Å². The molecule has 2 heterocycles. The first-order valence-electron chi connectivity index (χ1n) is 6.28. The van der Waals surface area contributed by atoms with Crippen LogP contribution < -0.4 is 5.32 Å². The lowest BCUT2D eigenvalue weighted by Gasteiger charge is -2.41. The van der Waals surface area contributed by atoms with Crippen LogP contribution in [0.2, 0.25) is 5.02 Å². The van der Waals surface area contributed by atoms with Crippen LogP contribution in [0.3, 0.4) is 0 Å². The highest BCUT2D eigenvalue weighted by atomic mass is 35.5. The molecule has 1 aliphatic carbocycles. The minimum Gasteiger partial charge on any atom is -0.391 e. The van der Waals surface area contributed by atoms with Crippen molar-refractivity contribution in [1.29, 1.82) is 0 Å². The highest BCUT2D eigenvalue weighted by Crippen LogP contribution is 2.32. The second-order valence-electron chi connectivity index (χ2n) is 4.81. The molecule has 106 valence electrons. The van der Waals surface area contributed by atoms with E-state index in [1.165, 1.54) is 10.9 Å². The molecule has 1 aliphatic rings. The Morgan fingerprint density at radius 2 is 2.40 bits per heavy atom. The molecule has 0 aromatic carbocycles. The maximum atomic E-state index is 11.9. The Bertz CT molecular complexity index is 597. The third kappa shape index (κ3) is 2.54. The van der Waals surface area contributed by atoms with Gasteiger partial charge in [-0.05, 0) is 12.5 Å². The van der Waals surface area contributed by atoms with Crippen molar-refractivity contribution in [3.63, 3.8) is 0 Å². The number of carbonyl (C=O) groups excluding carboxylic acids is 1. The monoisotopic (exact) mass is 295 g/mol. The second-order valence-corrected chi connectivity index (χ2v) is 5.25. The average molecular weight is 296 g/mol. The van der Waals surface area contributed by atoms with E-state index < -0.39 is 6.10 Å². The molecule has 20 heavy (non-hydrogen) atoms. The quantitative estimate of drug-likeness (QED) is 0.845. The number of hydrogen-bond acceptors (Lipinski definition) is 4. The molecule has 0 unspecified atom stereocenters. The lowest BCUT2D eigenvalue weighted by Crippen LogP contribution is -2.56. The maximum Gasteiger partial charge on any atom is 0.242 e. The van der Waals surface area contributed by atoms with Gasteiger partial charge in [-0.3, -0.25) is 14.2 Å². The molecule has 7 nitrogen and oxygen atoms in total. The maximum absolute atomic E-state index is 11.9. The van der Waals surface area contributed by atoms with Crippen molar-refractivity contribution in [3.05, 3.63) is 35.9 Å². The highest BCUT2D eigenvalue weighted by molar-refractivity contribution is 6.30. The van der Waals surface area contributed by atoms with Crippen LogP contribution in [0.25, 0.3) is 0 Å². The number of rotatable bonds is 4. The van der Waals surface area contributed by atoms with Crippen LogP contribution in [-0.4, -0.2) is 42.7 Å². The van der Waals surface area contributed by atoms with Crippen molar-refractivity contribution < 1.29 is 9.90 Å². The SMILES string of the molecule is O=C(Cn1cc(Cl)cn1)N[C@H]1C[C@@H](O)[C@@H]1n1cccn1. The van der Waals surface area contributed by atoms with Gasteiger partial charge in [0.05, 0.1) is 29.4 Å². The van der Waals surface area contributed by atoms with E-state index in [0.717, 1.165) is 0 Å². The van der Waals surface area contributed by atoms with Gasteiger partial charge in [0.1, 0.15) is 6.54 Å². The van der Waals surface area contributed by atoms with Gasteiger partial charge < -0.3 is 10.4 Å². The zero-order chi connectivity index (χ0) is 14.1. The molecule has 2 aromatic rings. The Morgan fingerprint density at radius 3 is 3.00 bits per heavy atom. The average Bonchev–Trinajstić information content (AvgIpc) is 3.01. The molecule has 0 aliphatic heterocycles. The summed E-state index contributed by atoms with van der Waals surface area (Å²) < 4.78 is 3.14. The summed E-state index contributed by atoms with van der Waals surface area (Å²) in [5, 5.41) is 21.2. The Hall–Kier alpha value is -1.86.